The van der Waals surface area contributed by atoms with Crippen LogP contribution >= 0.6 is 0 Å². The second-order valence-corrected chi connectivity index (χ2v) is 5.67. The molecule has 1 aliphatic carbocycles. The maximum absolute atomic E-state index is 10.1. The van der Waals surface area contributed by atoms with E-state index in [0.717, 1.165) is 17.4 Å². The summed E-state index contributed by atoms with van der Waals surface area (Å²) >= 11 is 0. The van der Waals surface area contributed by atoms with Gasteiger partial charge in [-0.2, -0.15) is 0 Å². The lowest BCUT2D eigenvalue weighted by atomic mass is 9.79. The summed E-state index contributed by atoms with van der Waals surface area (Å²) in [5, 5.41) is 13.6. The van der Waals surface area contributed by atoms with Crippen molar-refractivity contribution in [3.63, 3.8) is 0 Å². The highest BCUT2D eigenvalue weighted by molar-refractivity contribution is 5.13. The Labute approximate surface area is 110 Å². The maximum atomic E-state index is 10.1. The summed E-state index contributed by atoms with van der Waals surface area (Å²) < 4.78 is 0. The summed E-state index contributed by atoms with van der Waals surface area (Å²) in [4.78, 5) is 3.96. The number of hydrogen-bond acceptors (Lipinski definition) is 3. The van der Waals surface area contributed by atoms with E-state index in [4.69, 9.17) is 0 Å². The molecule has 2 rings (SSSR count). The van der Waals surface area contributed by atoms with Crippen LogP contribution in [0.5, 0.6) is 0 Å². The number of nitrogens with one attached hydrogen (secondary N) is 1. The summed E-state index contributed by atoms with van der Waals surface area (Å²) in [6.07, 6.45) is 6.78. The molecule has 1 aromatic rings. The van der Waals surface area contributed by atoms with E-state index in [9.17, 15) is 5.11 Å². The Morgan fingerprint density at radius 1 is 1.28 bits per heavy atom. The molecule has 0 bridgehead atoms. The van der Waals surface area contributed by atoms with Gasteiger partial charge in [-0.15, -0.1) is 0 Å². The van der Waals surface area contributed by atoms with E-state index in [1.165, 1.54) is 19.3 Å². The van der Waals surface area contributed by atoms with Crippen molar-refractivity contribution in [3.8, 4) is 0 Å². The summed E-state index contributed by atoms with van der Waals surface area (Å²) in [7, 11) is 0. The average Bonchev–Trinajstić information content (AvgIpc) is 2.41. The Morgan fingerprint density at radius 3 is 2.67 bits per heavy atom. The van der Waals surface area contributed by atoms with Crippen molar-refractivity contribution < 1.29 is 5.11 Å². The van der Waals surface area contributed by atoms with Crippen LogP contribution in [0.25, 0.3) is 0 Å². The molecule has 1 saturated carbocycles. The van der Waals surface area contributed by atoms with Gasteiger partial charge >= 0.3 is 0 Å². The number of hydrogen-bond donors (Lipinski definition) is 2. The molecule has 4 atom stereocenters. The summed E-state index contributed by atoms with van der Waals surface area (Å²) in [6.45, 7) is 5.31. The minimum absolute atomic E-state index is 0.428. The van der Waals surface area contributed by atoms with Gasteiger partial charge in [0.2, 0.25) is 0 Å². The van der Waals surface area contributed by atoms with Crippen LogP contribution in [0.1, 0.15) is 44.8 Å². The molecule has 100 valence electrons. The molecule has 3 heteroatoms. The van der Waals surface area contributed by atoms with Gasteiger partial charge in [0.15, 0.2) is 0 Å². The fourth-order valence-corrected chi connectivity index (χ4v) is 2.71. The topological polar surface area (TPSA) is 45.1 Å². The van der Waals surface area contributed by atoms with E-state index in [-0.39, 0.29) is 0 Å². The van der Waals surface area contributed by atoms with Crippen molar-refractivity contribution >= 4 is 0 Å². The Hall–Kier alpha value is -0.930. The molecule has 1 heterocycles. The molecule has 0 unspecified atom stereocenters. The van der Waals surface area contributed by atoms with Crippen molar-refractivity contribution in [2.45, 2.75) is 45.3 Å². The number of rotatable bonds is 4. The second kappa shape index (κ2) is 6.30. The van der Waals surface area contributed by atoms with E-state index in [1.807, 2.05) is 12.1 Å². The number of aliphatic hydroxyl groups excluding tert-OH is 1. The molecule has 1 fully saturated rings. The Kier molecular flexibility index (Phi) is 4.72. The molecule has 0 radical (unpaired) electrons. The van der Waals surface area contributed by atoms with Crippen LogP contribution in [-0.4, -0.2) is 22.7 Å². The molecule has 18 heavy (non-hydrogen) atoms. The van der Waals surface area contributed by atoms with Gasteiger partial charge in [0, 0.05) is 25.0 Å². The zero-order valence-electron chi connectivity index (χ0n) is 11.3. The second-order valence-electron chi connectivity index (χ2n) is 5.67. The predicted molar refractivity (Wildman–Crippen MR) is 73.2 cm³/mol. The smallest absolute Gasteiger partial charge is 0.0915 e. The molecule has 0 spiro atoms. The molecule has 0 aromatic carbocycles. The van der Waals surface area contributed by atoms with E-state index in [0.29, 0.717) is 12.6 Å². The highest BCUT2D eigenvalue weighted by Gasteiger charge is 2.24. The molecule has 0 aliphatic heterocycles. The quantitative estimate of drug-likeness (QED) is 0.860. The van der Waals surface area contributed by atoms with Crippen molar-refractivity contribution in [3.05, 3.63) is 30.1 Å². The first-order valence-corrected chi connectivity index (χ1v) is 6.98. The van der Waals surface area contributed by atoms with E-state index in [2.05, 4.69) is 24.1 Å². The fraction of sp³-hybridized carbons (Fsp3) is 0.667. The largest absolute Gasteiger partial charge is 0.387 e. The van der Waals surface area contributed by atoms with E-state index >= 15 is 0 Å². The predicted octanol–water partition coefficient (Wildman–Crippen LogP) is 2.53. The maximum Gasteiger partial charge on any atom is 0.0915 e. The van der Waals surface area contributed by atoms with Gasteiger partial charge in [0.1, 0.15) is 0 Å². The third kappa shape index (κ3) is 3.53. The summed E-state index contributed by atoms with van der Waals surface area (Å²) in [6, 6.07) is 4.31. The average molecular weight is 248 g/mol. The minimum Gasteiger partial charge on any atom is -0.387 e. The summed E-state index contributed by atoms with van der Waals surface area (Å²) in [5.41, 5.74) is 0.940. The number of nitrogens with zero attached hydrogens (tertiary/aromatic N) is 1. The van der Waals surface area contributed by atoms with Crippen LogP contribution in [0.3, 0.4) is 0 Å². The van der Waals surface area contributed by atoms with Crippen LogP contribution in [0.15, 0.2) is 24.5 Å². The number of aromatic nitrogens is 1. The molecule has 0 amide bonds. The van der Waals surface area contributed by atoms with Gasteiger partial charge in [0.25, 0.3) is 0 Å². The minimum atomic E-state index is -0.428. The summed E-state index contributed by atoms with van der Waals surface area (Å²) in [5.74, 6) is 1.63. The SMILES string of the molecule is C[C@@H]1CC[C@H](NC[C@@H](O)c2ccncc2)C[C@@H]1C. The molecule has 3 nitrogen and oxygen atoms in total. The highest BCUT2D eigenvalue weighted by atomic mass is 16.3. The molecular formula is C15H24N2O. The first kappa shape index (κ1) is 13.5. The van der Waals surface area contributed by atoms with Crippen molar-refractivity contribution in [2.24, 2.45) is 11.8 Å². The van der Waals surface area contributed by atoms with E-state index < -0.39 is 6.10 Å². The van der Waals surface area contributed by atoms with Crippen molar-refractivity contribution in [1.29, 1.82) is 0 Å². The first-order valence-electron chi connectivity index (χ1n) is 6.98. The molecule has 0 saturated heterocycles. The van der Waals surface area contributed by atoms with Crippen molar-refractivity contribution in [1.82, 2.24) is 10.3 Å². The van der Waals surface area contributed by atoms with E-state index in [1.54, 1.807) is 12.4 Å². The Bertz CT molecular complexity index is 355. The first-order chi connectivity index (χ1) is 8.66. The lowest BCUT2D eigenvalue weighted by Gasteiger charge is -2.33. The monoisotopic (exact) mass is 248 g/mol. The van der Waals surface area contributed by atoms with Crippen LogP contribution < -0.4 is 5.32 Å². The van der Waals surface area contributed by atoms with Crippen LogP contribution in [0.4, 0.5) is 0 Å². The van der Waals surface area contributed by atoms with Gasteiger partial charge < -0.3 is 10.4 Å². The lowest BCUT2D eigenvalue weighted by molar-refractivity contribution is 0.154. The molecule has 1 aliphatic rings. The van der Waals surface area contributed by atoms with Gasteiger partial charge in [0.05, 0.1) is 6.10 Å². The molecule has 1 aromatic heterocycles. The molecular weight excluding hydrogens is 224 g/mol. The Morgan fingerprint density at radius 2 is 2.00 bits per heavy atom. The third-order valence-corrected chi connectivity index (χ3v) is 4.29. The lowest BCUT2D eigenvalue weighted by Crippen LogP contribution is -2.38. The van der Waals surface area contributed by atoms with Gasteiger partial charge in [-0.25, -0.2) is 0 Å². The van der Waals surface area contributed by atoms with Crippen molar-refractivity contribution in [2.75, 3.05) is 6.54 Å². The van der Waals surface area contributed by atoms with Gasteiger partial charge in [-0.1, -0.05) is 13.8 Å². The van der Waals surface area contributed by atoms with Crippen LogP contribution in [0, 0.1) is 11.8 Å². The number of aliphatic hydroxyl groups is 1. The number of pyridine rings is 1. The van der Waals surface area contributed by atoms with Crippen LogP contribution in [0.2, 0.25) is 0 Å². The standard InChI is InChI=1S/C15H24N2O/c1-11-3-4-14(9-12(11)2)17-10-15(18)13-5-7-16-8-6-13/h5-8,11-12,14-15,17-18H,3-4,9-10H2,1-2H3/t11-,12+,14+,15-/m1/s1. The Balaban J connectivity index is 1.78. The fourth-order valence-electron chi connectivity index (χ4n) is 2.71. The zero-order valence-corrected chi connectivity index (χ0v) is 11.3. The van der Waals surface area contributed by atoms with Gasteiger partial charge in [-0.05, 0) is 48.8 Å². The van der Waals surface area contributed by atoms with Gasteiger partial charge in [-0.3, -0.25) is 4.98 Å². The van der Waals surface area contributed by atoms with Crippen LogP contribution in [-0.2, 0) is 0 Å². The third-order valence-electron chi connectivity index (χ3n) is 4.29. The zero-order chi connectivity index (χ0) is 13.0. The highest BCUT2D eigenvalue weighted by Crippen LogP contribution is 2.29. The molecule has 2 N–H and O–H groups in total. The normalized spacial score (nSPS) is 30.1.